The number of hydrogen-bond acceptors (Lipinski definition) is 5. The summed E-state index contributed by atoms with van der Waals surface area (Å²) in [7, 11) is 0. The minimum absolute atomic E-state index is 0.327. The molecule has 0 saturated carbocycles. The normalized spacial score (nSPS) is 11.1. The molecule has 0 aliphatic heterocycles. The van der Waals surface area contributed by atoms with Crippen molar-refractivity contribution in [2.45, 2.75) is 6.36 Å². The van der Waals surface area contributed by atoms with Crippen molar-refractivity contribution in [3.05, 3.63) is 109 Å². The molecule has 1 heterocycles. The average molecular weight is 516 g/mol. The second kappa shape index (κ2) is 10.5. The average Bonchev–Trinajstić information content (AvgIpc) is 3.40. The Morgan fingerprint density at radius 1 is 0.763 bits per heavy atom. The number of hydrogen-bond donors (Lipinski definition) is 1. The molecular formula is C28H19F3N4O3. The zero-order valence-corrected chi connectivity index (χ0v) is 19.6. The number of amides is 1. The van der Waals surface area contributed by atoms with E-state index in [2.05, 4.69) is 20.1 Å². The lowest BCUT2D eigenvalue weighted by Crippen LogP contribution is -2.17. The van der Waals surface area contributed by atoms with E-state index in [0.29, 0.717) is 28.5 Å². The van der Waals surface area contributed by atoms with Gasteiger partial charge in [-0.15, -0.1) is 18.3 Å². The van der Waals surface area contributed by atoms with Gasteiger partial charge in [0.15, 0.2) is 5.82 Å². The molecule has 0 aliphatic carbocycles. The number of benzene rings is 4. The zero-order chi connectivity index (χ0) is 26.5. The second-order valence-corrected chi connectivity index (χ2v) is 8.04. The van der Waals surface area contributed by atoms with E-state index in [4.69, 9.17) is 4.74 Å². The fourth-order valence-corrected chi connectivity index (χ4v) is 3.64. The van der Waals surface area contributed by atoms with Gasteiger partial charge in [-0.05, 0) is 71.8 Å². The van der Waals surface area contributed by atoms with E-state index < -0.39 is 12.5 Å². The third kappa shape index (κ3) is 6.16. The minimum Gasteiger partial charge on any atom is -0.410 e. The summed E-state index contributed by atoms with van der Waals surface area (Å²) in [4.78, 5) is 16.7. The van der Waals surface area contributed by atoms with Crippen LogP contribution in [-0.4, -0.2) is 27.2 Å². The summed E-state index contributed by atoms with van der Waals surface area (Å²) in [5, 5.41) is 7.05. The van der Waals surface area contributed by atoms with Gasteiger partial charge in [0.2, 0.25) is 0 Å². The smallest absolute Gasteiger partial charge is 0.410 e. The first-order chi connectivity index (χ1) is 18.3. The first kappa shape index (κ1) is 24.6. The summed E-state index contributed by atoms with van der Waals surface area (Å²) in [5.41, 5.74) is 3.64. The van der Waals surface area contributed by atoms with E-state index in [0.717, 1.165) is 11.1 Å². The van der Waals surface area contributed by atoms with Crippen molar-refractivity contribution in [3.8, 4) is 39.7 Å². The topological polar surface area (TPSA) is 78.3 Å². The molecule has 5 rings (SSSR count). The molecule has 1 aromatic heterocycles. The molecule has 38 heavy (non-hydrogen) atoms. The van der Waals surface area contributed by atoms with Crippen LogP contribution in [0.5, 0.6) is 11.5 Å². The summed E-state index contributed by atoms with van der Waals surface area (Å²) in [5.74, 6) is 0.479. The largest absolute Gasteiger partial charge is 0.573 e. The Morgan fingerprint density at radius 3 is 2.18 bits per heavy atom. The quantitative estimate of drug-likeness (QED) is 0.260. The molecule has 10 heteroatoms. The van der Waals surface area contributed by atoms with Gasteiger partial charge in [-0.25, -0.2) is 14.5 Å². The maximum atomic E-state index is 12.4. The predicted octanol–water partition coefficient (Wildman–Crippen LogP) is 7.11. The Bertz CT molecular complexity index is 1530. The predicted molar refractivity (Wildman–Crippen MR) is 135 cm³/mol. The molecule has 0 saturated heterocycles. The Morgan fingerprint density at radius 2 is 1.47 bits per heavy atom. The van der Waals surface area contributed by atoms with Gasteiger partial charge in [0.25, 0.3) is 0 Å². The maximum absolute atomic E-state index is 12.4. The number of carbonyl (C=O) groups excluding carboxylic acids is 1. The summed E-state index contributed by atoms with van der Waals surface area (Å²) in [6.45, 7) is 0. The van der Waals surface area contributed by atoms with Crippen molar-refractivity contribution in [1.82, 2.24) is 14.8 Å². The molecule has 7 nitrogen and oxygen atoms in total. The van der Waals surface area contributed by atoms with Crippen LogP contribution in [0.25, 0.3) is 28.2 Å². The number of alkyl halides is 3. The highest BCUT2D eigenvalue weighted by Gasteiger charge is 2.31. The Labute approximate surface area is 215 Å². The van der Waals surface area contributed by atoms with E-state index in [-0.39, 0.29) is 5.75 Å². The highest BCUT2D eigenvalue weighted by Crippen LogP contribution is 2.26. The number of rotatable bonds is 6. The van der Waals surface area contributed by atoms with Gasteiger partial charge < -0.3 is 9.47 Å². The summed E-state index contributed by atoms with van der Waals surface area (Å²) in [6, 6.07) is 29.1. The third-order valence-corrected chi connectivity index (χ3v) is 5.37. The Hall–Kier alpha value is -5.12. The van der Waals surface area contributed by atoms with Crippen LogP contribution in [0, 0.1) is 0 Å². The van der Waals surface area contributed by atoms with Crippen molar-refractivity contribution < 1.29 is 27.4 Å². The monoisotopic (exact) mass is 516 g/mol. The number of aromatic nitrogens is 3. The number of nitrogens with one attached hydrogen (secondary N) is 1. The molecule has 5 aromatic rings. The molecule has 0 spiro atoms. The minimum atomic E-state index is -4.76. The first-order valence-corrected chi connectivity index (χ1v) is 11.3. The van der Waals surface area contributed by atoms with Crippen molar-refractivity contribution in [3.63, 3.8) is 0 Å². The number of ether oxygens (including phenoxy) is 2. The molecule has 1 N–H and O–H groups in total. The summed E-state index contributed by atoms with van der Waals surface area (Å²) in [6.07, 6.45) is -3.95. The van der Waals surface area contributed by atoms with Crippen molar-refractivity contribution in [2.24, 2.45) is 0 Å². The Balaban J connectivity index is 1.21. The lowest BCUT2D eigenvalue weighted by Gasteiger charge is -2.09. The van der Waals surface area contributed by atoms with Crippen LogP contribution in [0.3, 0.4) is 0 Å². The maximum Gasteiger partial charge on any atom is 0.573 e. The summed E-state index contributed by atoms with van der Waals surface area (Å²) < 4.78 is 47.8. The highest BCUT2D eigenvalue weighted by atomic mass is 19.4. The molecule has 4 aromatic carbocycles. The summed E-state index contributed by atoms with van der Waals surface area (Å²) >= 11 is 0. The van der Waals surface area contributed by atoms with Crippen molar-refractivity contribution in [2.75, 3.05) is 5.32 Å². The van der Waals surface area contributed by atoms with E-state index in [9.17, 15) is 18.0 Å². The molecule has 0 fully saturated rings. The fraction of sp³-hybridized carbons (Fsp3) is 0.0357. The molecular weight excluding hydrogens is 497 g/mol. The standard InChI is InChI=1S/C28H19F3N4O3/c29-28(30,31)38-24-15-13-23(14-16-24)35-18-32-26(34-35)20-9-11-22(12-10-20)33-27(36)37-25-8-4-7-21(17-25)19-5-2-1-3-6-19/h1-18H,(H,33,36). The highest BCUT2D eigenvalue weighted by molar-refractivity contribution is 5.86. The number of nitrogens with zero attached hydrogens (tertiary/aromatic N) is 3. The van der Waals surface area contributed by atoms with Gasteiger partial charge >= 0.3 is 12.5 Å². The molecule has 0 radical (unpaired) electrons. The third-order valence-electron chi connectivity index (χ3n) is 5.37. The van der Waals surface area contributed by atoms with E-state index >= 15 is 0 Å². The molecule has 0 aliphatic rings. The molecule has 190 valence electrons. The second-order valence-electron chi connectivity index (χ2n) is 8.04. The van der Waals surface area contributed by atoms with Crippen molar-refractivity contribution in [1.29, 1.82) is 0 Å². The van der Waals surface area contributed by atoms with Crippen LogP contribution >= 0.6 is 0 Å². The van der Waals surface area contributed by atoms with Crippen LogP contribution in [-0.2, 0) is 0 Å². The lowest BCUT2D eigenvalue weighted by molar-refractivity contribution is -0.274. The Kier molecular flexibility index (Phi) is 6.77. The van der Waals surface area contributed by atoms with Crippen molar-refractivity contribution >= 4 is 11.8 Å². The molecule has 0 atom stereocenters. The van der Waals surface area contributed by atoms with Gasteiger partial charge in [0, 0.05) is 11.3 Å². The van der Waals surface area contributed by atoms with E-state index in [1.54, 1.807) is 36.4 Å². The number of halogens is 3. The fourth-order valence-electron chi connectivity index (χ4n) is 3.64. The lowest BCUT2D eigenvalue weighted by atomic mass is 10.1. The van der Waals surface area contributed by atoms with E-state index in [1.807, 2.05) is 42.5 Å². The van der Waals surface area contributed by atoms with Gasteiger partial charge in [0.1, 0.15) is 17.8 Å². The number of carbonyl (C=O) groups is 1. The van der Waals surface area contributed by atoms with Crippen LogP contribution in [0.2, 0.25) is 0 Å². The van der Waals surface area contributed by atoms with E-state index in [1.165, 1.54) is 35.3 Å². The molecule has 0 unspecified atom stereocenters. The number of anilines is 1. The SMILES string of the molecule is O=C(Nc1ccc(-c2ncn(-c3ccc(OC(F)(F)F)cc3)n2)cc1)Oc1cccc(-c2ccccc2)c1. The molecule has 0 bridgehead atoms. The van der Waals surface area contributed by atoms with Gasteiger partial charge in [-0.1, -0.05) is 42.5 Å². The molecule has 1 amide bonds. The van der Waals surface area contributed by atoms with Crippen LogP contribution < -0.4 is 14.8 Å². The first-order valence-electron chi connectivity index (χ1n) is 11.3. The van der Waals surface area contributed by atoms with Gasteiger partial charge in [0.05, 0.1) is 5.69 Å². The van der Waals surface area contributed by atoms with Gasteiger partial charge in [-0.3, -0.25) is 5.32 Å². The van der Waals surface area contributed by atoms with Gasteiger partial charge in [-0.2, -0.15) is 0 Å². The van der Waals surface area contributed by atoms with Crippen LogP contribution in [0.4, 0.5) is 23.7 Å². The zero-order valence-electron chi connectivity index (χ0n) is 19.6. The van der Waals surface area contributed by atoms with Crippen LogP contribution in [0.15, 0.2) is 109 Å². The van der Waals surface area contributed by atoms with Crippen LogP contribution in [0.1, 0.15) is 0 Å².